The topological polar surface area (TPSA) is 290 Å². The van der Waals surface area contributed by atoms with Crippen LogP contribution in [0.25, 0.3) is 0 Å². The maximum atomic E-state index is 12.4. The summed E-state index contributed by atoms with van der Waals surface area (Å²) in [5, 5.41) is 43.0. The van der Waals surface area contributed by atoms with Crippen LogP contribution in [0.3, 0.4) is 0 Å². The lowest BCUT2D eigenvalue weighted by atomic mass is 10.0. The first-order chi connectivity index (χ1) is 23.6. The van der Waals surface area contributed by atoms with E-state index in [0.29, 0.717) is 17.8 Å². The average molecular weight is 708 g/mol. The third-order valence-electron chi connectivity index (χ3n) is 7.21. The molecule has 0 aromatic heterocycles. The van der Waals surface area contributed by atoms with Gasteiger partial charge in [-0.1, -0.05) is 18.2 Å². The first-order valence-corrected chi connectivity index (χ1v) is 15.2. The molecule has 1 heterocycles. The standard InChI is InChI=1S/C30H41N7O13/c31-50-30(49)19-35(16-27(43)44)11-10-34(15-26(41)42)13-22(37(17-28(45)46)18-29(47)48)12-20-3-5-21(6-4-20)33-23(38)7-8-32-24(39)14-36-9-1-2-25(36)40/h1-6,22H,7-19,31H2,(H,32,39)(H,33,38)(H,41,42)(H,43,44)(H,45,46)(H,47,48)/t22-/m1/s1. The number of nitrogens with two attached hydrogens (primary N) is 1. The van der Waals surface area contributed by atoms with Gasteiger partial charge in [-0.3, -0.25) is 48.3 Å². The van der Waals surface area contributed by atoms with Gasteiger partial charge in [-0.25, -0.2) is 4.79 Å². The zero-order valence-corrected chi connectivity index (χ0v) is 27.1. The van der Waals surface area contributed by atoms with Crippen molar-refractivity contribution in [3.8, 4) is 0 Å². The number of carboxylic acids is 4. The number of rotatable bonds is 24. The maximum absolute atomic E-state index is 12.4. The van der Waals surface area contributed by atoms with Gasteiger partial charge in [-0.15, -0.1) is 0 Å². The third-order valence-corrected chi connectivity index (χ3v) is 7.21. The Morgan fingerprint density at radius 2 is 1.40 bits per heavy atom. The molecule has 1 aliphatic heterocycles. The van der Waals surface area contributed by atoms with Crippen molar-refractivity contribution in [2.24, 2.45) is 5.90 Å². The molecule has 0 fully saturated rings. The Labute approximate surface area is 286 Å². The summed E-state index contributed by atoms with van der Waals surface area (Å²) in [4.78, 5) is 103. The SMILES string of the molecule is NOC(=O)CN(CCN(CC(=O)O)C[C@@H](Cc1ccc(NC(=O)CCNC(=O)CN2CC=CC2=O)cc1)N(CC(=O)O)CC(=O)O)CC(=O)O. The molecule has 1 aliphatic rings. The van der Waals surface area contributed by atoms with Crippen LogP contribution in [0.4, 0.5) is 5.69 Å². The van der Waals surface area contributed by atoms with Crippen molar-refractivity contribution in [3.63, 3.8) is 0 Å². The summed E-state index contributed by atoms with van der Waals surface area (Å²) in [5.74, 6) is -2.37. The molecule has 0 spiro atoms. The van der Waals surface area contributed by atoms with Crippen LogP contribution in [0.1, 0.15) is 12.0 Å². The predicted molar refractivity (Wildman–Crippen MR) is 171 cm³/mol. The molecule has 1 atom stereocenters. The molecule has 20 nitrogen and oxygen atoms in total. The van der Waals surface area contributed by atoms with Gasteiger partial charge in [0.2, 0.25) is 17.7 Å². The van der Waals surface area contributed by atoms with Gasteiger partial charge in [0.25, 0.3) is 0 Å². The van der Waals surface area contributed by atoms with Gasteiger partial charge in [0, 0.05) is 56.9 Å². The Morgan fingerprint density at radius 3 is 1.94 bits per heavy atom. The molecular formula is C30H41N7O13. The van der Waals surface area contributed by atoms with E-state index in [1.807, 2.05) is 0 Å². The number of nitrogens with zero attached hydrogens (tertiary/aromatic N) is 4. The summed E-state index contributed by atoms with van der Waals surface area (Å²) in [6, 6.07) is 5.46. The van der Waals surface area contributed by atoms with Gasteiger partial charge < -0.3 is 40.8 Å². The van der Waals surface area contributed by atoms with Crippen LogP contribution in [0.2, 0.25) is 0 Å². The number of carbonyl (C=O) groups excluding carboxylic acids is 4. The second-order valence-corrected chi connectivity index (χ2v) is 11.2. The van der Waals surface area contributed by atoms with Crippen LogP contribution in [0, 0.1) is 0 Å². The van der Waals surface area contributed by atoms with Crippen LogP contribution in [-0.4, -0.2) is 166 Å². The van der Waals surface area contributed by atoms with Gasteiger partial charge in [0.15, 0.2) is 0 Å². The first-order valence-electron chi connectivity index (χ1n) is 15.2. The molecule has 0 bridgehead atoms. The van der Waals surface area contributed by atoms with E-state index in [4.69, 9.17) is 5.90 Å². The number of nitrogens with one attached hydrogen (secondary N) is 2. The van der Waals surface area contributed by atoms with E-state index < -0.39 is 80.4 Å². The highest BCUT2D eigenvalue weighted by atomic mass is 16.7. The number of benzene rings is 1. The predicted octanol–water partition coefficient (Wildman–Crippen LogP) is -2.90. The second-order valence-electron chi connectivity index (χ2n) is 11.2. The molecule has 0 saturated heterocycles. The van der Waals surface area contributed by atoms with E-state index >= 15 is 0 Å². The van der Waals surface area contributed by atoms with Crippen molar-refractivity contribution < 1.29 is 63.6 Å². The normalized spacial score (nSPS) is 13.0. The van der Waals surface area contributed by atoms with Crippen molar-refractivity contribution in [2.45, 2.75) is 18.9 Å². The number of carbonyl (C=O) groups is 8. The second kappa shape index (κ2) is 20.8. The quantitative estimate of drug-likeness (QED) is 0.0530. The van der Waals surface area contributed by atoms with E-state index in [0.717, 1.165) is 9.80 Å². The third kappa shape index (κ3) is 16.1. The summed E-state index contributed by atoms with van der Waals surface area (Å²) in [5.41, 5.74) is 0.978. The highest BCUT2D eigenvalue weighted by molar-refractivity contribution is 5.94. The number of amides is 3. The molecule has 274 valence electrons. The van der Waals surface area contributed by atoms with Crippen LogP contribution in [0.5, 0.6) is 0 Å². The van der Waals surface area contributed by atoms with Crippen molar-refractivity contribution in [1.29, 1.82) is 0 Å². The van der Waals surface area contributed by atoms with Gasteiger partial charge in [-0.2, -0.15) is 5.90 Å². The van der Waals surface area contributed by atoms with Gasteiger partial charge >= 0.3 is 29.8 Å². The van der Waals surface area contributed by atoms with E-state index in [1.54, 1.807) is 30.3 Å². The molecule has 1 aromatic carbocycles. The van der Waals surface area contributed by atoms with Gasteiger partial charge in [0.05, 0.1) is 32.7 Å². The van der Waals surface area contributed by atoms with Gasteiger partial charge in [0.1, 0.15) is 6.54 Å². The van der Waals surface area contributed by atoms with Crippen molar-refractivity contribution in [1.82, 2.24) is 24.9 Å². The molecular weight excluding hydrogens is 666 g/mol. The molecule has 1 aromatic rings. The Bertz CT molecular complexity index is 1400. The number of hydrogen-bond donors (Lipinski definition) is 7. The smallest absolute Gasteiger partial charge is 0.338 e. The Hall–Kier alpha value is -5.44. The largest absolute Gasteiger partial charge is 0.480 e. The fraction of sp³-hybridized carbons (Fsp3) is 0.467. The molecule has 3 amide bonds. The summed E-state index contributed by atoms with van der Waals surface area (Å²) in [6.45, 7) is -3.24. The van der Waals surface area contributed by atoms with Gasteiger partial charge in [-0.05, 0) is 24.1 Å². The lowest BCUT2D eigenvalue weighted by molar-refractivity contribution is -0.147. The fourth-order valence-electron chi connectivity index (χ4n) is 4.99. The van der Waals surface area contributed by atoms with Crippen molar-refractivity contribution in [2.75, 3.05) is 77.3 Å². The van der Waals surface area contributed by atoms with Crippen LogP contribution in [-0.2, 0) is 49.6 Å². The lowest BCUT2D eigenvalue weighted by Gasteiger charge is -2.34. The minimum absolute atomic E-state index is 0.0287. The molecule has 0 radical (unpaired) electrons. The first kappa shape index (κ1) is 40.7. The Kier molecular flexibility index (Phi) is 17.0. The number of carboxylic acid groups (broad SMARTS) is 4. The highest BCUT2D eigenvalue weighted by Crippen LogP contribution is 2.16. The molecule has 50 heavy (non-hydrogen) atoms. The molecule has 0 saturated carbocycles. The summed E-state index contributed by atoms with van der Waals surface area (Å²) < 4.78 is 0. The fourth-order valence-corrected chi connectivity index (χ4v) is 4.99. The van der Waals surface area contributed by atoms with Crippen LogP contribution in [0.15, 0.2) is 36.4 Å². The molecule has 8 N–H and O–H groups in total. The number of aliphatic carboxylic acids is 4. The summed E-state index contributed by atoms with van der Waals surface area (Å²) in [6.07, 6.45) is 3.00. The summed E-state index contributed by atoms with van der Waals surface area (Å²) >= 11 is 0. The molecule has 0 unspecified atom stereocenters. The minimum Gasteiger partial charge on any atom is -0.480 e. The molecule has 20 heteroatoms. The summed E-state index contributed by atoms with van der Waals surface area (Å²) in [7, 11) is 0. The maximum Gasteiger partial charge on any atom is 0.338 e. The van der Waals surface area contributed by atoms with E-state index in [2.05, 4.69) is 15.5 Å². The van der Waals surface area contributed by atoms with Crippen molar-refractivity contribution >= 4 is 53.3 Å². The monoisotopic (exact) mass is 707 g/mol. The van der Waals surface area contributed by atoms with Crippen LogP contribution >= 0.6 is 0 Å². The Balaban J connectivity index is 2.12. The molecule has 0 aliphatic carbocycles. The number of anilines is 1. The van der Waals surface area contributed by atoms with E-state index in [9.17, 15) is 58.8 Å². The van der Waals surface area contributed by atoms with Crippen molar-refractivity contribution in [3.05, 3.63) is 42.0 Å². The molecule has 2 rings (SSSR count). The zero-order valence-electron chi connectivity index (χ0n) is 27.1. The minimum atomic E-state index is -1.33. The average Bonchev–Trinajstić information content (AvgIpc) is 3.42. The lowest BCUT2D eigenvalue weighted by Crippen LogP contribution is -2.51. The number of hydrogen-bond acceptors (Lipinski definition) is 13. The Morgan fingerprint density at radius 1 is 0.820 bits per heavy atom. The van der Waals surface area contributed by atoms with Crippen LogP contribution < -0.4 is 16.5 Å². The van der Waals surface area contributed by atoms with E-state index in [-0.39, 0.29) is 51.5 Å². The van der Waals surface area contributed by atoms with E-state index in [1.165, 1.54) is 15.9 Å². The zero-order chi connectivity index (χ0) is 37.2. The highest BCUT2D eigenvalue weighted by Gasteiger charge is 2.27.